The number of ketones is 1. The predicted molar refractivity (Wildman–Crippen MR) is 85.1 cm³/mol. The van der Waals surface area contributed by atoms with E-state index in [4.69, 9.17) is 0 Å². The maximum absolute atomic E-state index is 13.2. The van der Waals surface area contributed by atoms with Gasteiger partial charge in [-0.25, -0.2) is 8.42 Å². The van der Waals surface area contributed by atoms with Crippen molar-refractivity contribution in [2.75, 3.05) is 20.4 Å². The molecule has 122 valence electrons. The highest BCUT2D eigenvalue weighted by atomic mass is 32.2. The molecule has 0 aliphatic heterocycles. The zero-order valence-corrected chi connectivity index (χ0v) is 14.4. The summed E-state index contributed by atoms with van der Waals surface area (Å²) in [4.78, 5) is 15.2. The van der Waals surface area contributed by atoms with E-state index in [0.717, 1.165) is 44.9 Å². The first kappa shape index (κ1) is 16.9. The van der Waals surface area contributed by atoms with Gasteiger partial charge in [0.25, 0.3) is 0 Å². The second kappa shape index (κ2) is 6.37. The zero-order valence-electron chi connectivity index (χ0n) is 13.6. The number of carbonyl (C=O) groups excluding carboxylic acids is 1. The second-order valence-corrected chi connectivity index (χ2v) is 9.49. The lowest BCUT2D eigenvalue weighted by Gasteiger charge is -2.44. The average molecular weight is 315 g/mol. The van der Waals surface area contributed by atoms with Gasteiger partial charge in [0.2, 0.25) is 0 Å². The molecule has 0 saturated heterocycles. The molecule has 2 aliphatic rings. The first-order valence-electron chi connectivity index (χ1n) is 8.18. The number of sulfone groups is 1. The van der Waals surface area contributed by atoms with Crippen molar-refractivity contribution in [1.29, 1.82) is 0 Å². The van der Waals surface area contributed by atoms with Crippen LogP contribution in [-0.2, 0) is 14.6 Å². The number of hydrogen-bond donors (Lipinski definition) is 0. The van der Waals surface area contributed by atoms with Crippen LogP contribution in [-0.4, -0.2) is 50.2 Å². The maximum atomic E-state index is 13.2. The molecule has 2 saturated carbocycles. The molecule has 0 heterocycles. The summed E-state index contributed by atoms with van der Waals surface area (Å²) in [5.41, 5.74) is -0.345. The van der Waals surface area contributed by atoms with Crippen molar-refractivity contribution in [2.24, 2.45) is 5.92 Å². The van der Waals surface area contributed by atoms with Crippen LogP contribution in [0, 0.1) is 5.92 Å². The fourth-order valence-electron chi connectivity index (χ4n) is 4.20. The van der Waals surface area contributed by atoms with E-state index in [1.165, 1.54) is 12.7 Å². The summed E-state index contributed by atoms with van der Waals surface area (Å²) in [6.45, 7) is 0. The van der Waals surface area contributed by atoms with Crippen molar-refractivity contribution in [3.63, 3.8) is 0 Å². The maximum Gasteiger partial charge on any atom is 0.156 e. The fraction of sp³-hybridized carbons (Fsp3) is 0.938. The molecule has 2 aliphatic carbocycles. The Bertz CT molecular complexity index is 478. The van der Waals surface area contributed by atoms with Crippen molar-refractivity contribution >= 4 is 15.6 Å². The second-order valence-electron chi connectivity index (χ2n) is 7.17. The summed E-state index contributed by atoms with van der Waals surface area (Å²) < 4.78 is 23.6. The van der Waals surface area contributed by atoms with Gasteiger partial charge in [0.15, 0.2) is 5.78 Å². The molecule has 2 fully saturated rings. The number of hydrogen-bond acceptors (Lipinski definition) is 4. The Morgan fingerprint density at radius 3 is 2.19 bits per heavy atom. The predicted octanol–water partition coefficient (Wildman–Crippen LogP) is 2.42. The summed E-state index contributed by atoms with van der Waals surface area (Å²) >= 11 is 0. The van der Waals surface area contributed by atoms with Crippen LogP contribution in [0.2, 0.25) is 0 Å². The van der Waals surface area contributed by atoms with Crippen LogP contribution >= 0.6 is 0 Å². The van der Waals surface area contributed by atoms with E-state index in [0.29, 0.717) is 12.2 Å². The Morgan fingerprint density at radius 1 is 1.05 bits per heavy atom. The molecule has 21 heavy (non-hydrogen) atoms. The standard InChI is InChI=1S/C16H29NO3S/c1-17(2)16(10-5-4-6-11-16)15(18)13-8-7-9-14(12-13)21(3,19)20/h13-14H,4-12H2,1-3H3. The van der Waals surface area contributed by atoms with Crippen LogP contribution in [0.3, 0.4) is 0 Å². The number of carbonyl (C=O) groups is 1. The number of likely N-dealkylation sites (N-methyl/N-ethyl adjacent to an activating group) is 1. The van der Waals surface area contributed by atoms with Gasteiger partial charge >= 0.3 is 0 Å². The number of nitrogens with zero attached hydrogens (tertiary/aromatic N) is 1. The zero-order chi connectivity index (χ0) is 15.7. The van der Waals surface area contributed by atoms with E-state index in [9.17, 15) is 13.2 Å². The smallest absolute Gasteiger partial charge is 0.156 e. The highest BCUT2D eigenvalue weighted by Gasteiger charge is 2.46. The molecular formula is C16H29NO3S. The first-order chi connectivity index (χ1) is 9.77. The van der Waals surface area contributed by atoms with Gasteiger partial charge in [0.05, 0.1) is 10.8 Å². The minimum atomic E-state index is -3.03. The molecule has 0 aromatic carbocycles. The molecule has 0 N–H and O–H groups in total. The summed E-state index contributed by atoms with van der Waals surface area (Å²) in [5.74, 6) is 0.236. The molecule has 0 spiro atoms. The molecular weight excluding hydrogens is 286 g/mol. The quantitative estimate of drug-likeness (QED) is 0.799. The molecule has 0 amide bonds. The Morgan fingerprint density at radius 2 is 1.67 bits per heavy atom. The van der Waals surface area contributed by atoms with Gasteiger partial charge in [-0.15, -0.1) is 0 Å². The molecule has 0 radical (unpaired) electrons. The van der Waals surface area contributed by atoms with Crippen molar-refractivity contribution in [1.82, 2.24) is 4.90 Å². The minimum Gasteiger partial charge on any atom is -0.297 e. The summed E-state index contributed by atoms with van der Waals surface area (Å²) in [6, 6.07) is 0. The van der Waals surface area contributed by atoms with Crippen LogP contribution in [0.25, 0.3) is 0 Å². The minimum absolute atomic E-state index is 0.0704. The molecule has 2 rings (SSSR count). The van der Waals surface area contributed by atoms with Crippen LogP contribution in [0.4, 0.5) is 0 Å². The van der Waals surface area contributed by atoms with Crippen LogP contribution in [0.1, 0.15) is 57.8 Å². The Balaban J connectivity index is 2.17. The fourth-order valence-corrected chi connectivity index (χ4v) is 5.38. The van der Waals surface area contributed by atoms with Gasteiger partial charge in [-0.1, -0.05) is 25.7 Å². The van der Waals surface area contributed by atoms with Crippen LogP contribution in [0.15, 0.2) is 0 Å². The molecule has 5 heteroatoms. The Labute approximate surface area is 129 Å². The SMILES string of the molecule is CN(C)C1(C(=O)C2CCCC(S(C)(=O)=O)C2)CCCCC1. The van der Waals surface area contributed by atoms with Crippen molar-refractivity contribution < 1.29 is 13.2 Å². The third kappa shape index (κ3) is 3.50. The molecule has 4 nitrogen and oxygen atoms in total. The van der Waals surface area contributed by atoms with Crippen molar-refractivity contribution in [2.45, 2.75) is 68.6 Å². The summed E-state index contributed by atoms with van der Waals surface area (Å²) in [7, 11) is 0.971. The molecule has 0 bridgehead atoms. The number of rotatable bonds is 4. The van der Waals surface area contributed by atoms with Gasteiger partial charge in [-0.2, -0.15) is 0 Å². The van der Waals surface area contributed by atoms with Gasteiger partial charge in [-0.05, 0) is 46.2 Å². The van der Waals surface area contributed by atoms with E-state index in [1.54, 1.807) is 0 Å². The first-order valence-corrected chi connectivity index (χ1v) is 10.1. The van der Waals surface area contributed by atoms with E-state index in [1.807, 2.05) is 14.1 Å². The van der Waals surface area contributed by atoms with E-state index >= 15 is 0 Å². The lowest BCUT2D eigenvalue weighted by atomic mass is 9.70. The number of Topliss-reactive ketones (excluding diaryl/α,β-unsaturated/α-hetero) is 1. The van der Waals surface area contributed by atoms with Crippen molar-refractivity contribution in [3.8, 4) is 0 Å². The highest BCUT2D eigenvalue weighted by molar-refractivity contribution is 7.91. The lowest BCUT2D eigenvalue weighted by molar-refractivity contribution is -0.137. The molecule has 0 aromatic heterocycles. The Kier molecular flexibility index (Phi) is 5.14. The molecule has 0 aromatic rings. The van der Waals surface area contributed by atoms with Gasteiger partial charge < -0.3 is 0 Å². The summed E-state index contributed by atoms with van der Waals surface area (Å²) in [5, 5.41) is -0.317. The highest BCUT2D eigenvalue weighted by Crippen LogP contribution is 2.39. The van der Waals surface area contributed by atoms with Gasteiger partial charge in [0, 0.05) is 12.2 Å². The van der Waals surface area contributed by atoms with Gasteiger partial charge in [-0.3, -0.25) is 9.69 Å². The van der Waals surface area contributed by atoms with E-state index in [2.05, 4.69) is 4.90 Å². The lowest BCUT2D eigenvalue weighted by Crippen LogP contribution is -2.55. The van der Waals surface area contributed by atoms with Gasteiger partial charge in [0.1, 0.15) is 9.84 Å². The van der Waals surface area contributed by atoms with Crippen LogP contribution in [0.5, 0.6) is 0 Å². The largest absolute Gasteiger partial charge is 0.297 e. The monoisotopic (exact) mass is 315 g/mol. The molecule has 2 unspecified atom stereocenters. The topological polar surface area (TPSA) is 54.5 Å². The van der Waals surface area contributed by atoms with E-state index < -0.39 is 9.84 Å². The molecule has 2 atom stereocenters. The third-order valence-electron chi connectivity index (χ3n) is 5.60. The Hall–Kier alpha value is -0.420. The average Bonchev–Trinajstić information content (AvgIpc) is 2.46. The van der Waals surface area contributed by atoms with Crippen molar-refractivity contribution in [3.05, 3.63) is 0 Å². The summed E-state index contributed by atoms with van der Waals surface area (Å²) in [6.07, 6.45) is 9.56. The third-order valence-corrected chi connectivity index (χ3v) is 7.24. The normalized spacial score (nSPS) is 30.3. The van der Waals surface area contributed by atoms with Crippen LogP contribution < -0.4 is 0 Å². The van der Waals surface area contributed by atoms with E-state index in [-0.39, 0.29) is 16.7 Å².